The maximum atomic E-state index is 12.0. The maximum absolute atomic E-state index is 12.0. The van der Waals surface area contributed by atoms with Crippen molar-refractivity contribution in [2.24, 2.45) is 5.73 Å². The van der Waals surface area contributed by atoms with Gasteiger partial charge in [-0.15, -0.1) is 0 Å². The van der Waals surface area contributed by atoms with Crippen LogP contribution in [-0.4, -0.2) is 34.7 Å². The minimum Gasteiger partial charge on any atom is -0.380 e. The van der Waals surface area contributed by atoms with Gasteiger partial charge in [0.2, 0.25) is 10.0 Å². The van der Waals surface area contributed by atoms with Crippen LogP contribution in [0, 0.1) is 13.8 Å². The van der Waals surface area contributed by atoms with Gasteiger partial charge in [0.15, 0.2) is 0 Å². The molecule has 3 N–H and O–H groups in total. The third kappa shape index (κ3) is 5.28. The fourth-order valence-electron chi connectivity index (χ4n) is 1.53. The Morgan fingerprint density at radius 3 is 2.58 bits per heavy atom. The van der Waals surface area contributed by atoms with Gasteiger partial charge in [-0.05, 0) is 43.5 Å². The molecule has 0 atom stereocenters. The molecule has 5 nitrogen and oxygen atoms in total. The molecule has 6 heteroatoms. The van der Waals surface area contributed by atoms with Crippen molar-refractivity contribution in [1.82, 2.24) is 4.72 Å². The highest BCUT2D eigenvalue weighted by Crippen LogP contribution is 2.14. The van der Waals surface area contributed by atoms with Crippen molar-refractivity contribution in [3.63, 3.8) is 0 Å². The Bertz CT molecular complexity index is 501. The Kier molecular flexibility index (Phi) is 6.44. The van der Waals surface area contributed by atoms with Crippen molar-refractivity contribution in [3.05, 3.63) is 29.3 Å². The van der Waals surface area contributed by atoms with Crippen molar-refractivity contribution in [1.29, 1.82) is 0 Å². The van der Waals surface area contributed by atoms with Crippen LogP contribution in [0.3, 0.4) is 0 Å². The fraction of sp³-hybridized carbons (Fsp3) is 0.538. The summed E-state index contributed by atoms with van der Waals surface area (Å²) in [7, 11) is -3.42. The second kappa shape index (κ2) is 7.59. The zero-order chi connectivity index (χ0) is 14.3. The van der Waals surface area contributed by atoms with Gasteiger partial charge in [0.25, 0.3) is 0 Å². The second-order valence-corrected chi connectivity index (χ2v) is 6.17. The van der Waals surface area contributed by atoms with E-state index in [4.69, 9.17) is 10.5 Å². The van der Waals surface area contributed by atoms with Crippen molar-refractivity contribution in [2.75, 3.05) is 26.3 Å². The van der Waals surface area contributed by atoms with Crippen LogP contribution in [0.4, 0.5) is 0 Å². The molecule has 0 spiro atoms. The van der Waals surface area contributed by atoms with Gasteiger partial charge in [-0.3, -0.25) is 0 Å². The molecular formula is C13H22N2O3S. The molecule has 0 unspecified atom stereocenters. The monoisotopic (exact) mass is 286 g/mol. The van der Waals surface area contributed by atoms with Gasteiger partial charge in [0, 0.05) is 19.7 Å². The van der Waals surface area contributed by atoms with Crippen molar-refractivity contribution < 1.29 is 13.2 Å². The summed E-state index contributed by atoms with van der Waals surface area (Å²) >= 11 is 0. The van der Waals surface area contributed by atoms with Crippen LogP contribution in [0.2, 0.25) is 0 Å². The summed E-state index contributed by atoms with van der Waals surface area (Å²) in [6, 6.07) is 5.12. The van der Waals surface area contributed by atoms with Crippen LogP contribution in [0.1, 0.15) is 17.5 Å². The van der Waals surface area contributed by atoms with Crippen molar-refractivity contribution in [2.45, 2.75) is 25.2 Å². The first-order valence-corrected chi connectivity index (χ1v) is 7.80. The Hall–Kier alpha value is -0.950. The summed E-state index contributed by atoms with van der Waals surface area (Å²) < 4.78 is 31.8. The van der Waals surface area contributed by atoms with Crippen LogP contribution < -0.4 is 10.5 Å². The van der Waals surface area contributed by atoms with E-state index in [1.165, 1.54) is 0 Å². The van der Waals surface area contributed by atoms with Gasteiger partial charge in [-0.2, -0.15) is 0 Å². The third-order valence-corrected chi connectivity index (χ3v) is 4.27. The normalized spacial score (nSPS) is 11.7. The Morgan fingerprint density at radius 2 is 1.95 bits per heavy atom. The van der Waals surface area contributed by atoms with Gasteiger partial charge < -0.3 is 10.5 Å². The lowest BCUT2D eigenvalue weighted by Gasteiger charge is -2.08. The molecule has 0 amide bonds. The number of hydrogen-bond acceptors (Lipinski definition) is 4. The number of rotatable bonds is 8. The third-order valence-electron chi connectivity index (χ3n) is 2.81. The lowest BCUT2D eigenvalue weighted by Crippen LogP contribution is -2.26. The van der Waals surface area contributed by atoms with E-state index in [0.717, 1.165) is 11.1 Å². The van der Waals surface area contributed by atoms with Crippen molar-refractivity contribution >= 4 is 10.0 Å². The molecule has 1 aromatic carbocycles. The van der Waals surface area contributed by atoms with E-state index in [2.05, 4.69) is 4.72 Å². The molecule has 0 bridgehead atoms. The molecule has 19 heavy (non-hydrogen) atoms. The topological polar surface area (TPSA) is 81.4 Å². The summed E-state index contributed by atoms with van der Waals surface area (Å²) in [6.07, 6.45) is 0.629. The lowest BCUT2D eigenvalue weighted by atomic mass is 10.1. The highest BCUT2D eigenvalue weighted by Gasteiger charge is 2.13. The van der Waals surface area contributed by atoms with Gasteiger partial charge in [-0.1, -0.05) is 6.07 Å². The molecule has 0 aliphatic rings. The quantitative estimate of drug-likeness (QED) is 0.697. The first-order valence-electron chi connectivity index (χ1n) is 6.32. The summed E-state index contributed by atoms with van der Waals surface area (Å²) in [5.74, 6) is 0. The minimum atomic E-state index is -3.42. The maximum Gasteiger partial charge on any atom is 0.240 e. The molecule has 0 radical (unpaired) electrons. The summed E-state index contributed by atoms with van der Waals surface area (Å²) in [6.45, 7) is 5.70. The van der Waals surface area contributed by atoms with E-state index < -0.39 is 10.0 Å². The van der Waals surface area contributed by atoms with Crippen LogP contribution >= 0.6 is 0 Å². The van der Waals surface area contributed by atoms with E-state index in [-0.39, 0.29) is 0 Å². The summed E-state index contributed by atoms with van der Waals surface area (Å²) in [5.41, 5.74) is 7.32. The standard InChI is InChI=1S/C13H22N2O3S/c1-11-4-5-13(10-12(11)2)19(16,17)15-7-3-8-18-9-6-14/h4-5,10,15H,3,6-9,14H2,1-2H3. The van der Waals surface area contributed by atoms with Crippen LogP contribution in [0.5, 0.6) is 0 Å². The summed E-state index contributed by atoms with van der Waals surface area (Å²) in [4.78, 5) is 0.304. The zero-order valence-electron chi connectivity index (χ0n) is 11.5. The fourth-order valence-corrected chi connectivity index (χ4v) is 2.69. The van der Waals surface area contributed by atoms with Crippen LogP contribution in [-0.2, 0) is 14.8 Å². The van der Waals surface area contributed by atoms with E-state index in [9.17, 15) is 8.42 Å². The van der Waals surface area contributed by atoms with E-state index in [1.807, 2.05) is 19.9 Å². The number of nitrogens with two attached hydrogens (primary N) is 1. The molecule has 0 aromatic heterocycles. The van der Waals surface area contributed by atoms with Crippen LogP contribution in [0.25, 0.3) is 0 Å². The number of sulfonamides is 1. The molecule has 1 rings (SSSR count). The number of nitrogens with one attached hydrogen (secondary N) is 1. The Morgan fingerprint density at radius 1 is 1.21 bits per heavy atom. The molecular weight excluding hydrogens is 264 g/mol. The first-order chi connectivity index (χ1) is 8.97. The zero-order valence-corrected chi connectivity index (χ0v) is 12.3. The SMILES string of the molecule is Cc1ccc(S(=O)(=O)NCCCOCCN)cc1C. The molecule has 108 valence electrons. The molecule has 0 heterocycles. The average Bonchev–Trinajstić information content (AvgIpc) is 2.36. The first kappa shape index (κ1) is 16.1. The highest BCUT2D eigenvalue weighted by molar-refractivity contribution is 7.89. The number of benzene rings is 1. The molecule has 0 aliphatic carbocycles. The smallest absolute Gasteiger partial charge is 0.240 e. The van der Waals surface area contributed by atoms with E-state index in [0.29, 0.717) is 37.6 Å². The number of aryl methyl sites for hydroxylation is 2. The van der Waals surface area contributed by atoms with Crippen LogP contribution in [0.15, 0.2) is 23.1 Å². The highest BCUT2D eigenvalue weighted by atomic mass is 32.2. The predicted molar refractivity (Wildman–Crippen MR) is 75.6 cm³/mol. The average molecular weight is 286 g/mol. The molecule has 1 aromatic rings. The second-order valence-electron chi connectivity index (χ2n) is 4.40. The Labute approximate surface area is 115 Å². The lowest BCUT2D eigenvalue weighted by molar-refractivity contribution is 0.140. The van der Waals surface area contributed by atoms with Gasteiger partial charge in [0.05, 0.1) is 11.5 Å². The van der Waals surface area contributed by atoms with Gasteiger partial charge in [0.1, 0.15) is 0 Å². The van der Waals surface area contributed by atoms with E-state index >= 15 is 0 Å². The van der Waals surface area contributed by atoms with Crippen molar-refractivity contribution in [3.8, 4) is 0 Å². The molecule has 0 saturated heterocycles. The largest absolute Gasteiger partial charge is 0.380 e. The number of hydrogen-bond donors (Lipinski definition) is 2. The molecule has 0 fully saturated rings. The Balaban J connectivity index is 2.49. The predicted octanol–water partition coefficient (Wildman–Crippen LogP) is 0.947. The number of ether oxygens (including phenoxy) is 1. The molecule has 0 aliphatic heterocycles. The van der Waals surface area contributed by atoms with Gasteiger partial charge in [-0.25, -0.2) is 13.1 Å². The minimum absolute atomic E-state index is 0.304. The molecule has 0 saturated carbocycles. The summed E-state index contributed by atoms with van der Waals surface area (Å²) in [5, 5.41) is 0. The van der Waals surface area contributed by atoms with Gasteiger partial charge >= 0.3 is 0 Å². The van der Waals surface area contributed by atoms with E-state index in [1.54, 1.807) is 12.1 Å².